The molecule has 1 heterocycles. The van der Waals surface area contributed by atoms with E-state index < -0.39 is 0 Å². The van der Waals surface area contributed by atoms with Crippen LogP contribution in [0.1, 0.15) is 25.0 Å². The molecule has 1 fully saturated rings. The van der Waals surface area contributed by atoms with Crippen molar-refractivity contribution in [3.05, 3.63) is 29.3 Å². The van der Waals surface area contributed by atoms with Crippen molar-refractivity contribution in [3.8, 4) is 5.75 Å². The van der Waals surface area contributed by atoms with Crippen LogP contribution >= 0.6 is 0 Å². The number of benzene rings is 1. The molecule has 2 rings (SSSR count). The highest BCUT2D eigenvalue weighted by Gasteiger charge is 2.21. The van der Waals surface area contributed by atoms with Crippen molar-refractivity contribution >= 4 is 0 Å². The third kappa shape index (κ3) is 4.43. The molecule has 1 aromatic carbocycles. The zero-order chi connectivity index (χ0) is 15.2. The van der Waals surface area contributed by atoms with Gasteiger partial charge in [-0.3, -0.25) is 4.90 Å². The number of ether oxygens (including phenoxy) is 1. The molecule has 21 heavy (non-hydrogen) atoms. The fourth-order valence-electron chi connectivity index (χ4n) is 2.84. The van der Waals surface area contributed by atoms with E-state index in [2.05, 4.69) is 54.2 Å². The lowest BCUT2D eigenvalue weighted by Gasteiger charge is -2.37. The standard InChI is InChI=1S/C17H29N3O/c1-5-18-11-15-6-7-17(21-4)16(10-15)13-20-9-8-19(3)14(2)12-20/h6-7,10,14,18H,5,8-9,11-13H2,1-4H3. The molecule has 0 bridgehead atoms. The average molecular weight is 291 g/mol. The van der Waals surface area contributed by atoms with Gasteiger partial charge >= 0.3 is 0 Å². The predicted molar refractivity (Wildman–Crippen MR) is 87.7 cm³/mol. The molecule has 1 N–H and O–H groups in total. The minimum Gasteiger partial charge on any atom is -0.496 e. The number of likely N-dealkylation sites (N-methyl/N-ethyl adjacent to an activating group) is 1. The largest absolute Gasteiger partial charge is 0.496 e. The summed E-state index contributed by atoms with van der Waals surface area (Å²) in [5.74, 6) is 1.00. The topological polar surface area (TPSA) is 27.7 Å². The van der Waals surface area contributed by atoms with Gasteiger partial charge in [-0.1, -0.05) is 13.0 Å². The summed E-state index contributed by atoms with van der Waals surface area (Å²) >= 11 is 0. The minimum atomic E-state index is 0.620. The first kappa shape index (κ1) is 16.3. The van der Waals surface area contributed by atoms with Gasteiger partial charge in [0.05, 0.1) is 7.11 Å². The maximum absolute atomic E-state index is 5.54. The second-order valence-corrected chi connectivity index (χ2v) is 5.99. The summed E-state index contributed by atoms with van der Waals surface area (Å²) in [5.41, 5.74) is 2.62. The molecular weight excluding hydrogens is 262 g/mol. The highest BCUT2D eigenvalue weighted by molar-refractivity contribution is 5.37. The summed E-state index contributed by atoms with van der Waals surface area (Å²) in [4.78, 5) is 4.95. The van der Waals surface area contributed by atoms with Crippen molar-refractivity contribution in [3.63, 3.8) is 0 Å². The Morgan fingerprint density at radius 3 is 2.81 bits per heavy atom. The van der Waals surface area contributed by atoms with E-state index in [9.17, 15) is 0 Å². The van der Waals surface area contributed by atoms with Crippen LogP contribution in [0, 0.1) is 0 Å². The zero-order valence-electron chi connectivity index (χ0n) is 13.9. The predicted octanol–water partition coefficient (Wildman–Crippen LogP) is 1.94. The van der Waals surface area contributed by atoms with Crippen molar-refractivity contribution in [2.24, 2.45) is 0 Å². The molecule has 4 heteroatoms. The molecule has 1 aliphatic heterocycles. The number of nitrogens with zero attached hydrogens (tertiary/aromatic N) is 2. The molecule has 0 spiro atoms. The Bertz CT molecular complexity index is 450. The van der Waals surface area contributed by atoms with E-state index in [1.54, 1.807) is 7.11 Å². The Balaban J connectivity index is 2.06. The quantitative estimate of drug-likeness (QED) is 0.867. The van der Waals surface area contributed by atoms with Gasteiger partial charge in [-0.05, 0) is 38.2 Å². The summed E-state index contributed by atoms with van der Waals surface area (Å²) in [6.07, 6.45) is 0. The Hall–Kier alpha value is -1.10. The molecule has 1 aliphatic rings. The summed E-state index contributed by atoms with van der Waals surface area (Å²) < 4.78 is 5.54. The highest BCUT2D eigenvalue weighted by atomic mass is 16.5. The number of hydrogen-bond donors (Lipinski definition) is 1. The first-order valence-corrected chi connectivity index (χ1v) is 7.93. The second-order valence-electron chi connectivity index (χ2n) is 5.99. The second kappa shape index (κ2) is 7.78. The van der Waals surface area contributed by atoms with E-state index in [-0.39, 0.29) is 0 Å². The van der Waals surface area contributed by atoms with E-state index in [4.69, 9.17) is 4.74 Å². The smallest absolute Gasteiger partial charge is 0.123 e. The van der Waals surface area contributed by atoms with E-state index >= 15 is 0 Å². The lowest BCUT2D eigenvalue weighted by Crippen LogP contribution is -2.49. The van der Waals surface area contributed by atoms with Gasteiger partial charge in [-0.2, -0.15) is 0 Å². The Kier molecular flexibility index (Phi) is 6.03. The van der Waals surface area contributed by atoms with Gasteiger partial charge < -0.3 is 15.0 Å². The third-order valence-electron chi connectivity index (χ3n) is 4.36. The minimum absolute atomic E-state index is 0.620. The average Bonchev–Trinajstić information content (AvgIpc) is 2.49. The summed E-state index contributed by atoms with van der Waals surface area (Å²) in [5, 5.41) is 3.38. The van der Waals surface area contributed by atoms with Crippen LogP contribution in [0.5, 0.6) is 5.75 Å². The van der Waals surface area contributed by atoms with Crippen molar-refractivity contribution < 1.29 is 4.74 Å². The van der Waals surface area contributed by atoms with Crippen LogP contribution in [-0.4, -0.2) is 56.2 Å². The first-order chi connectivity index (χ1) is 10.1. The summed E-state index contributed by atoms with van der Waals surface area (Å²) in [6, 6.07) is 7.15. The number of hydrogen-bond acceptors (Lipinski definition) is 4. The van der Waals surface area contributed by atoms with Crippen LogP contribution in [0.25, 0.3) is 0 Å². The molecule has 0 radical (unpaired) electrons. The van der Waals surface area contributed by atoms with Gasteiger partial charge in [-0.25, -0.2) is 0 Å². The maximum atomic E-state index is 5.54. The molecular formula is C17H29N3O. The molecule has 0 aliphatic carbocycles. The van der Waals surface area contributed by atoms with Crippen molar-refractivity contribution in [2.45, 2.75) is 33.0 Å². The van der Waals surface area contributed by atoms with Gasteiger partial charge in [0, 0.05) is 44.3 Å². The van der Waals surface area contributed by atoms with Crippen molar-refractivity contribution in [1.82, 2.24) is 15.1 Å². The molecule has 0 saturated carbocycles. The van der Waals surface area contributed by atoms with Gasteiger partial charge in [0.15, 0.2) is 0 Å². The molecule has 118 valence electrons. The van der Waals surface area contributed by atoms with E-state index in [0.29, 0.717) is 6.04 Å². The summed E-state index contributed by atoms with van der Waals surface area (Å²) in [6.45, 7) is 10.7. The van der Waals surface area contributed by atoms with Crippen LogP contribution in [0.4, 0.5) is 0 Å². The summed E-state index contributed by atoms with van der Waals surface area (Å²) in [7, 11) is 3.97. The van der Waals surface area contributed by atoms with Gasteiger partial charge in [0.1, 0.15) is 5.75 Å². The zero-order valence-corrected chi connectivity index (χ0v) is 13.9. The third-order valence-corrected chi connectivity index (χ3v) is 4.36. The monoisotopic (exact) mass is 291 g/mol. The highest BCUT2D eigenvalue weighted by Crippen LogP contribution is 2.23. The molecule has 4 nitrogen and oxygen atoms in total. The molecule has 1 unspecified atom stereocenters. The Morgan fingerprint density at radius 1 is 1.33 bits per heavy atom. The van der Waals surface area contributed by atoms with E-state index in [1.807, 2.05) is 0 Å². The van der Waals surface area contributed by atoms with Crippen LogP contribution in [0.2, 0.25) is 0 Å². The fourth-order valence-corrected chi connectivity index (χ4v) is 2.84. The van der Waals surface area contributed by atoms with E-state index in [0.717, 1.165) is 45.0 Å². The van der Waals surface area contributed by atoms with Crippen molar-refractivity contribution in [2.75, 3.05) is 40.3 Å². The first-order valence-electron chi connectivity index (χ1n) is 7.93. The van der Waals surface area contributed by atoms with Gasteiger partial charge in [-0.15, -0.1) is 0 Å². The van der Waals surface area contributed by atoms with Crippen LogP contribution in [-0.2, 0) is 13.1 Å². The number of methoxy groups -OCH3 is 1. The van der Waals surface area contributed by atoms with Gasteiger partial charge in [0.2, 0.25) is 0 Å². The van der Waals surface area contributed by atoms with Gasteiger partial charge in [0.25, 0.3) is 0 Å². The molecule has 1 saturated heterocycles. The SMILES string of the molecule is CCNCc1ccc(OC)c(CN2CCN(C)C(C)C2)c1. The maximum Gasteiger partial charge on any atom is 0.123 e. The Morgan fingerprint density at radius 2 is 2.14 bits per heavy atom. The van der Waals surface area contributed by atoms with E-state index in [1.165, 1.54) is 11.1 Å². The fraction of sp³-hybridized carbons (Fsp3) is 0.647. The Labute approximate surface area is 129 Å². The molecule has 1 aromatic rings. The number of nitrogens with one attached hydrogen (secondary N) is 1. The molecule has 0 aromatic heterocycles. The molecule has 0 amide bonds. The number of rotatable bonds is 6. The normalized spacial score (nSPS) is 20.7. The van der Waals surface area contributed by atoms with Crippen LogP contribution < -0.4 is 10.1 Å². The van der Waals surface area contributed by atoms with Crippen molar-refractivity contribution in [1.29, 1.82) is 0 Å². The van der Waals surface area contributed by atoms with Crippen LogP contribution in [0.3, 0.4) is 0 Å². The lowest BCUT2D eigenvalue weighted by atomic mass is 10.1. The molecule has 1 atom stereocenters. The number of piperazine rings is 1. The van der Waals surface area contributed by atoms with Crippen LogP contribution in [0.15, 0.2) is 18.2 Å². The lowest BCUT2D eigenvalue weighted by molar-refractivity contribution is 0.0993.